The maximum absolute atomic E-state index is 13.2. The highest BCUT2D eigenvalue weighted by Gasteiger charge is 2.36. The Balaban J connectivity index is 1.88. The van der Waals surface area contributed by atoms with Gasteiger partial charge in [0.2, 0.25) is 5.92 Å². The highest BCUT2D eigenvalue weighted by Crippen LogP contribution is 2.40. The van der Waals surface area contributed by atoms with E-state index in [9.17, 15) is 8.78 Å². The van der Waals surface area contributed by atoms with Crippen molar-refractivity contribution in [1.29, 1.82) is 0 Å². The van der Waals surface area contributed by atoms with Crippen molar-refractivity contribution in [3.05, 3.63) is 29.7 Å². The summed E-state index contributed by atoms with van der Waals surface area (Å²) in [5.74, 6) is -1.82. The number of aromatic nitrogens is 4. The minimum absolute atomic E-state index is 0.00494. The van der Waals surface area contributed by atoms with Crippen molar-refractivity contribution >= 4 is 5.82 Å². The fourth-order valence-corrected chi connectivity index (χ4v) is 2.65. The van der Waals surface area contributed by atoms with Crippen LogP contribution >= 0.6 is 0 Å². The summed E-state index contributed by atoms with van der Waals surface area (Å²) in [5.41, 5.74) is 7.39. The lowest BCUT2D eigenvalue weighted by Crippen LogP contribution is -2.24. The zero-order valence-electron chi connectivity index (χ0n) is 11.8. The molecule has 1 fully saturated rings. The van der Waals surface area contributed by atoms with Crippen molar-refractivity contribution in [1.82, 2.24) is 19.7 Å². The van der Waals surface area contributed by atoms with Crippen LogP contribution < -0.4 is 5.73 Å². The first-order valence-corrected chi connectivity index (χ1v) is 6.98. The van der Waals surface area contributed by atoms with Crippen LogP contribution in [0.4, 0.5) is 14.6 Å². The molecule has 2 N–H and O–H groups in total. The van der Waals surface area contributed by atoms with Crippen molar-refractivity contribution < 1.29 is 8.78 Å². The fourth-order valence-electron chi connectivity index (χ4n) is 2.65. The van der Waals surface area contributed by atoms with E-state index in [1.54, 1.807) is 16.9 Å². The molecule has 0 aliphatic heterocycles. The number of nitrogens with zero attached hydrogens (tertiary/aromatic N) is 4. The monoisotopic (exact) mass is 293 g/mol. The molecule has 2 aromatic rings. The largest absolute Gasteiger partial charge is 0.384 e. The van der Waals surface area contributed by atoms with Gasteiger partial charge in [-0.1, -0.05) is 0 Å². The number of halogens is 2. The molecule has 0 amide bonds. The van der Waals surface area contributed by atoms with Gasteiger partial charge < -0.3 is 5.73 Å². The minimum atomic E-state index is -2.54. The minimum Gasteiger partial charge on any atom is -0.384 e. The highest BCUT2D eigenvalue weighted by molar-refractivity contribution is 5.35. The molecule has 1 aliphatic rings. The van der Waals surface area contributed by atoms with Gasteiger partial charge in [-0.2, -0.15) is 10.1 Å². The van der Waals surface area contributed by atoms with Gasteiger partial charge in [0.25, 0.3) is 5.95 Å². The van der Waals surface area contributed by atoms with Crippen LogP contribution in [-0.4, -0.2) is 25.7 Å². The number of anilines is 1. The van der Waals surface area contributed by atoms with E-state index in [-0.39, 0.29) is 18.8 Å². The summed E-state index contributed by atoms with van der Waals surface area (Å²) >= 11 is 0. The normalized spacial score (nSPS) is 18.8. The maximum atomic E-state index is 13.2. The van der Waals surface area contributed by atoms with E-state index in [1.807, 2.05) is 13.0 Å². The number of aryl methyl sites for hydroxylation is 1. The van der Waals surface area contributed by atoms with Gasteiger partial charge in [0.05, 0.1) is 11.4 Å². The van der Waals surface area contributed by atoms with Gasteiger partial charge in [-0.15, -0.1) is 0 Å². The smallest absolute Gasteiger partial charge is 0.252 e. The Morgan fingerprint density at radius 1 is 1.29 bits per heavy atom. The van der Waals surface area contributed by atoms with E-state index in [1.165, 1.54) is 0 Å². The van der Waals surface area contributed by atoms with Crippen molar-refractivity contribution in [2.24, 2.45) is 0 Å². The van der Waals surface area contributed by atoms with E-state index in [0.29, 0.717) is 24.6 Å². The second-order valence-electron chi connectivity index (χ2n) is 5.55. The fraction of sp³-hybridized carbons (Fsp3) is 0.500. The average molecular weight is 293 g/mol. The predicted octanol–water partition coefficient (Wildman–Crippen LogP) is 2.85. The first-order chi connectivity index (χ1) is 9.93. The van der Waals surface area contributed by atoms with Gasteiger partial charge in [0.1, 0.15) is 5.82 Å². The molecule has 112 valence electrons. The molecular formula is C14H17F2N5. The lowest BCUT2D eigenvalue weighted by atomic mass is 9.84. The summed E-state index contributed by atoms with van der Waals surface area (Å²) in [7, 11) is 0. The standard InChI is InChI=1S/C14H17F2N5/c1-9-4-7-21(20-9)13-18-11(8-12(17)19-13)10-2-5-14(15,16)6-3-10/h4,7-8,10H,2-3,5-6H2,1H3,(H2,17,18,19). The van der Waals surface area contributed by atoms with Crippen molar-refractivity contribution in [3.8, 4) is 5.95 Å². The van der Waals surface area contributed by atoms with Crippen LogP contribution in [0.1, 0.15) is 43.0 Å². The molecule has 1 saturated carbocycles. The molecule has 0 aromatic carbocycles. The highest BCUT2D eigenvalue weighted by atomic mass is 19.3. The molecule has 0 bridgehead atoms. The summed E-state index contributed by atoms with van der Waals surface area (Å²) in [5, 5.41) is 4.25. The molecule has 2 heterocycles. The van der Waals surface area contributed by atoms with Crippen LogP contribution in [-0.2, 0) is 0 Å². The molecule has 0 radical (unpaired) electrons. The Labute approximate surface area is 121 Å². The van der Waals surface area contributed by atoms with Crippen LogP contribution in [0.15, 0.2) is 18.3 Å². The third-order valence-corrected chi connectivity index (χ3v) is 3.82. The van der Waals surface area contributed by atoms with E-state index in [2.05, 4.69) is 15.1 Å². The van der Waals surface area contributed by atoms with Crippen LogP contribution in [0.3, 0.4) is 0 Å². The zero-order valence-corrected chi connectivity index (χ0v) is 11.8. The van der Waals surface area contributed by atoms with Gasteiger partial charge >= 0.3 is 0 Å². The van der Waals surface area contributed by atoms with Crippen molar-refractivity contribution in [3.63, 3.8) is 0 Å². The summed E-state index contributed by atoms with van der Waals surface area (Å²) < 4.78 is 28.0. The van der Waals surface area contributed by atoms with Gasteiger partial charge in [0.15, 0.2) is 0 Å². The average Bonchev–Trinajstić information content (AvgIpc) is 2.85. The summed E-state index contributed by atoms with van der Waals surface area (Å²) in [6.07, 6.45) is 2.39. The lowest BCUT2D eigenvalue weighted by molar-refractivity contribution is -0.0384. The molecule has 7 heteroatoms. The Morgan fingerprint density at radius 2 is 2.00 bits per heavy atom. The molecule has 21 heavy (non-hydrogen) atoms. The third kappa shape index (κ3) is 3.01. The van der Waals surface area contributed by atoms with Crippen LogP contribution in [0.25, 0.3) is 5.95 Å². The third-order valence-electron chi connectivity index (χ3n) is 3.82. The molecule has 0 saturated heterocycles. The van der Waals surface area contributed by atoms with Gasteiger partial charge in [0, 0.05) is 31.0 Å². The van der Waals surface area contributed by atoms with Crippen LogP contribution in [0.2, 0.25) is 0 Å². The Kier molecular flexibility index (Phi) is 3.35. The number of hydrogen-bond donors (Lipinski definition) is 1. The lowest BCUT2D eigenvalue weighted by Gasteiger charge is -2.27. The first-order valence-electron chi connectivity index (χ1n) is 6.98. The van der Waals surface area contributed by atoms with E-state index in [0.717, 1.165) is 11.4 Å². The van der Waals surface area contributed by atoms with Crippen molar-refractivity contribution in [2.75, 3.05) is 5.73 Å². The number of alkyl halides is 2. The molecule has 0 spiro atoms. The molecule has 3 rings (SSSR count). The van der Waals surface area contributed by atoms with E-state index >= 15 is 0 Å². The summed E-state index contributed by atoms with van der Waals surface area (Å²) in [6, 6.07) is 3.52. The number of rotatable bonds is 2. The number of nitrogen functional groups attached to an aromatic ring is 1. The summed E-state index contributed by atoms with van der Waals surface area (Å²) in [4.78, 5) is 8.61. The van der Waals surface area contributed by atoms with Crippen LogP contribution in [0.5, 0.6) is 0 Å². The molecule has 5 nitrogen and oxygen atoms in total. The molecule has 0 atom stereocenters. The number of hydrogen-bond acceptors (Lipinski definition) is 4. The zero-order chi connectivity index (χ0) is 15.0. The SMILES string of the molecule is Cc1ccn(-c2nc(N)cc(C3CCC(F)(F)CC3)n2)n1. The molecular weight excluding hydrogens is 276 g/mol. The van der Waals surface area contributed by atoms with E-state index < -0.39 is 5.92 Å². The molecule has 0 unspecified atom stereocenters. The molecule has 1 aliphatic carbocycles. The summed E-state index contributed by atoms with van der Waals surface area (Å²) in [6.45, 7) is 1.87. The van der Waals surface area contributed by atoms with Gasteiger partial charge in [-0.25, -0.2) is 18.4 Å². The Morgan fingerprint density at radius 3 is 2.62 bits per heavy atom. The van der Waals surface area contributed by atoms with Crippen molar-refractivity contribution in [2.45, 2.75) is 44.4 Å². The number of nitrogens with two attached hydrogens (primary N) is 1. The van der Waals surface area contributed by atoms with Gasteiger partial charge in [-0.3, -0.25) is 0 Å². The van der Waals surface area contributed by atoms with Gasteiger partial charge in [-0.05, 0) is 25.8 Å². The second-order valence-corrected chi connectivity index (χ2v) is 5.55. The maximum Gasteiger partial charge on any atom is 0.252 e. The predicted molar refractivity (Wildman–Crippen MR) is 74.5 cm³/mol. The molecule has 2 aromatic heterocycles. The quantitative estimate of drug-likeness (QED) is 0.924. The van der Waals surface area contributed by atoms with E-state index in [4.69, 9.17) is 5.73 Å². The first kappa shape index (κ1) is 13.9. The Bertz CT molecular complexity index is 643. The van der Waals surface area contributed by atoms with Crippen LogP contribution in [0, 0.1) is 6.92 Å². The topological polar surface area (TPSA) is 69.6 Å². The Hall–Kier alpha value is -2.05. The second kappa shape index (κ2) is 5.05.